The first-order valence-corrected chi connectivity index (χ1v) is 3.93. The Bertz CT molecular complexity index is 244. The summed E-state index contributed by atoms with van der Waals surface area (Å²) in [5, 5.41) is 26.4. The lowest BCUT2D eigenvalue weighted by Gasteiger charge is -2.09. The summed E-state index contributed by atoms with van der Waals surface area (Å²) in [5.41, 5.74) is 0. The van der Waals surface area contributed by atoms with Gasteiger partial charge in [0.2, 0.25) is 0 Å². The maximum atomic E-state index is 8.95. The molecule has 0 heterocycles. The molecular formula is C9H12O4. The molecule has 3 N–H and O–H groups in total. The molecule has 0 saturated heterocycles. The van der Waals surface area contributed by atoms with Crippen LogP contribution in [0.1, 0.15) is 0 Å². The Morgan fingerprint density at radius 2 is 1.85 bits per heavy atom. The van der Waals surface area contributed by atoms with Gasteiger partial charge in [-0.15, -0.1) is 0 Å². The lowest BCUT2D eigenvalue weighted by Crippen LogP contribution is -2.21. The van der Waals surface area contributed by atoms with E-state index in [0.717, 1.165) is 0 Å². The number of benzene rings is 1. The molecule has 1 atom stereocenters. The van der Waals surface area contributed by atoms with E-state index in [-0.39, 0.29) is 19.0 Å². The van der Waals surface area contributed by atoms with Crippen LogP contribution in [0, 0.1) is 0 Å². The van der Waals surface area contributed by atoms with Crippen LogP contribution in [0.4, 0.5) is 0 Å². The second-order valence-corrected chi connectivity index (χ2v) is 2.64. The van der Waals surface area contributed by atoms with Crippen LogP contribution in [-0.4, -0.2) is 34.6 Å². The van der Waals surface area contributed by atoms with Crippen molar-refractivity contribution in [1.29, 1.82) is 0 Å². The molecule has 13 heavy (non-hydrogen) atoms. The number of aromatic hydroxyl groups is 1. The molecule has 1 aromatic rings. The maximum absolute atomic E-state index is 8.95. The summed E-state index contributed by atoms with van der Waals surface area (Å²) in [6.45, 7) is -0.278. The highest BCUT2D eigenvalue weighted by Gasteiger charge is 2.02. The molecule has 0 fully saturated rings. The Labute approximate surface area is 76.0 Å². The Balaban J connectivity index is 2.41. The summed E-state index contributed by atoms with van der Waals surface area (Å²) in [5.74, 6) is 0.709. The monoisotopic (exact) mass is 184 g/mol. The second kappa shape index (κ2) is 4.69. The third kappa shape index (κ3) is 3.31. The predicted octanol–water partition coefficient (Wildman–Crippen LogP) is 0.124. The van der Waals surface area contributed by atoms with E-state index < -0.39 is 6.10 Å². The zero-order valence-corrected chi connectivity index (χ0v) is 7.05. The van der Waals surface area contributed by atoms with Crippen molar-refractivity contribution >= 4 is 0 Å². The topological polar surface area (TPSA) is 69.9 Å². The van der Waals surface area contributed by atoms with Crippen LogP contribution in [0.15, 0.2) is 24.3 Å². The summed E-state index contributed by atoms with van der Waals surface area (Å²) in [6.07, 6.45) is -0.867. The van der Waals surface area contributed by atoms with E-state index in [1.54, 1.807) is 12.1 Å². The van der Waals surface area contributed by atoms with E-state index >= 15 is 0 Å². The van der Waals surface area contributed by atoms with Crippen LogP contribution < -0.4 is 4.74 Å². The van der Waals surface area contributed by atoms with Crippen molar-refractivity contribution in [3.05, 3.63) is 24.3 Å². The average Bonchev–Trinajstić information content (AvgIpc) is 2.16. The number of rotatable bonds is 4. The van der Waals surface area contributed by atoms with Gasteiger partial charge in [-0.1, -0.05) is 0 Å². The molecule has 0 amide bonds. The number of aliphatic hydroxyl groups is 2. The average molecular weight is 184 g/mol. The molecule has 4 nitrogen and oxygen atoms in total. The van der Waals surface area contributed by atoms with Gasteiger partial charge in [0.05, 0.1) is 6.61 Å². The van der Waals surface area contributed by atoms with Gasteiger partial charge in [0.25, 0.3) is 0 Å². The molecule has 0 radical (unpaired) electrons. The van der Waals surface area contributed by atoms with E-state index in [4.69, 9.17) is 20.1 Å². The molecule has 0 saturated carbocycles. The highest BCUT2D eigenvalue weighted by Crippen LogP contribution is 2.15. The molecule has 1 unspecified atom stereocenters. The van der Waals surface area contributed by atoms with Crippen LogP contribution in [-0.2, 0) is 0 Å². The molecule has 0 aliphatic carbocycles. The van der Waals surface area contributed by atoms with Gasteiger partial charge >= 0.3 is 0 Å². The normalized spacial score (nSPS) is 12.5. The summed E-state index contributed by atoms with van der Waals surface area (Å²) in [4.78, 5) is 0. The van der Waals surface area contributed by atoms with E-state index in [2.05, 4.69) is 0 Å². The largest absolute Gasteiger partial charge is 0.508 e. The van der Waals surface area contributed by atoms with Crippen molar-refractivity contribution in [3.8, 4) is 11.5 Å². The summed E-state index contributed by atoms with van der Waals surface area (Å²) >= 11 is 0. The van der Waals surface area contributed by atoms with Gasteiger partial charge in [-0.2, -0.15) is 0 Å². The second-order valence-electron chi connectivity index (χ2n) is 2.64. The predicted molar refractivity (Wildman–Crippen MR) is 46.7 cm³/mol. The third-order valence-corrected chi connectivity index (χ3v) is 1.49. The summed E-state index contributed by atoms with van der Waals surface area (Å²) < 4.78 is 5.09. The highest BCUT2D eigenvalue weighted by atomic mass is 16.5. The van der Waals surface area contributed by atoms with Crippen molar-refractivity contribution < 1.29 is 20.1 Å². The van der Waals surface area contributed by atoms with Crippen LogP contribution in [0.25, 0.3) is 0 Å². The van der Waals surface area contributed by atoms with E-state index in [0.29, 0.717) is 5.75 Å². The smallest absolute Gasteiger partial charge is 0.119 e. The lowest BCUT2D eigenvalue weighted by atomic mass is 10.3. The maximum Gasteiger partial charge on any atom is 0.119 e. The van der Waals surface area contributed by atoms with Crippen molar-refractivity contribution in [1.82, 2.24) is 0 Å². The molecule has 0 aromatic heterocycles. The van der Waals surface area contributed by atoms with Gasteiger partial charge in [-0.05, 0) is 24.3 Å². The first kappa shape index (κ1) is 9.83. The van der Waals surface area contributed by atoms with Gasteiger partial charge in [0, 0.05) is 0 Å². The number of phenols is 1. The van der Waals surface area contributed by atoms with Gasteiger partial charge in [-0.3, -0.25) is 0 Å². The van der Waals surface area contributed by atoms with Crippen LogP contribution in [0.3, 0.4) is 0 Å². The zero-order chi connectivity index (χ0) is 9.68. The van der Waals surface area contributed by atoms with Crippen LogP contribution >= 0.6 is 0 Å². The minimum absolute atomic E-state index is 0.0429. The Morgan fingerprint density at radius 3 is 2.38 bits per heavy atom. The van der Waals surface area contributed by atoms with Gasteiger partial charge in [0.1, 0.15) is 24.2 Å². The molecule has 0 bridgehead atoms. The Hall–Kier alpha value is -1.26. The number of phenolic OH excluding ortho intramolecular Hbond substituents is 1. The van der Waals surface area contributed by atoms with Gasteiger partial charge < -0.3 is 20.1 Å². The molecule has 72 valence electrons. The minimum Gasteiger partial charge on any atom is -0.508 e. The standard InChI is InChI=1S/C9H12O4/c10-5-8(12)6-13-9-3-1-7(11)2-4-9/h1-4,8,10-12H,5-6H2. The first-order chi connectivity index (χ1) is 6.22. The van der Waals surface area contributed by atoms with Crippen molar-refractivity contribution in [2.45, 2.75) is 6.10 Å². The summed E-state index contributed by atoms with van der Waals surface area (Å²) in [7, 11) is 0. The number of hydrogen-bond acceptors (Lipinski definition) is 4. The Morgan fingerprint density at radius 1 is 1.23 bits per heavy atom. The number of ether oxygens (including phenoxy) is 1. The third-order valence-electron chi connectivity index (χ3n) is 1.49. The number of hydrogen-bond donors (Lipinski definition) is 3. The SMILES string of the molecule is OCC(O)COc1ccc(O)cc1. The van der Waals surface area contributed by atoms with Gasteiger partial charge in [-0.25, -0.2) is 0 Å². The van der Waals surface area contributed by atoms with Crippen LogP contribution in [0.5, 0.6) is 11.5 Å². The number of aliphatic hydroxyl groups excluding tert-OH is 2. The molecule has 4 heteroatoms. The minimum atomic E-state index is -0.867. The zero-order valence-electron chi connectivity index (χ0n) is 7.05. The fourth-order valence-electron chi connectivity index (χ4n) is 0.787. The fraction of sp³-hybridized carbons (Fsp3) is 0.333. The summed E-state index contributed by atoms with van der Waals surface area (Å²) in [6, 6.07) is 6.14. The molecule has 1 rings (SSSR count). The van der Waals surface area contributed by atoms with Crippen molar-refractivity contribution in [2.75, 3.05) is 13.2 Å². The quantitative estimate of drug-likeness (QED) is 0.621. The molecule has 1 aromatic carbocycles. The van der Waals surface area contributed by atoms with E-state index in [9.17, 15) is 0 Å². The first-order valence-electron chi connectivity index (χ1n) is 3.93. The van der Waals surface area contributed by atoms with Gasteiger partial charge in [0.15, 0.2) is 0 Å². The molecular weight excluding hydrogens is 172 g/mol. The molecule has 0 spiro atoms. The lowest BCUT2D eigenvalue weighted by molar-refractivity contribution is 0.0536. The highest BCUT2D eigenvalue weighted by molar-refractivity contribution is 5.30. The fourth-order valence-corrected chi connectivity index (χ4v) is 0.787. The molecule has 0 aliphatic heterocycles. The van der Waals surface area contributed by atoms with Crippen molar-refractivity contribution in [3.63, 3.8) is 0 Å². The van der Waals surface area contributed by atoms with E-state index in [1.807, 2.05) is 0 Å². The molecule has 0 aliphatic rings. The van der Waals surface area contributed by atoms with Crippen molar-refractivity contribution in [2.24, 2.45) is 0 Å². The Kier molecular flexibility index (Phi) is 3.54. The van der Waals surface area contributed by atoms with E-state index in [1.165, 1.54) is 12.1 Å². The van der Waals surface area contributed by atoms with Crippen LogP contribution in [0.2, 0.25) is 0 Å².